The van der Waals surface area contributed by atoms with Gasteiger partial charge in [0.2, 0.25) is 5.91 Å². The molecule has 0 bridgehead atoms. The van der Waals surface area contributed by atoms with Gasteiger partial charge in [0, 0.05) is 24.3 Å². The molecule has 21 heavy (non-hydrogen) atoms. The average molecular weight is 284 g/mol. The molecule has 0 aliphatic carbocycles. The number of aromatic nitrogens is 2. The summed E-state index contributed by atoms with van der Waals surface area (Å²) in [7, 11) is 0. The van der Waals surface area contributed by atoms with Crippen molar-refractivity contribution < 1.29 is 9.53 Å². The van der Waals surface area contributed by atoms with Gasteiger partial charge >= 0.3 is 6.01 Å². The van der Waals surface area contributed by atoms with Crippen molar-refractivity contribution in [1.29, 1.82) is 0 Å². The lowest BCUT2D eigenvalue weighted by molar-refractivity contribution is -0.116. The average Bonchev–Trinajstić information content (AvgIpc) is 2.47. The second-order valence-electron chi connectivity index (χ2n) is 4.96. The van der Waals surface area contributed by atoms with Crippen LogP contribution in [0.2, 0.25) is 0 Å². The number of ether oxygens (including phenoxy) is 1. The zero-order valence-electron chi connectivity index (χ0n) is 11.7. The number of nitrogens with two attached hydrogens (primary N) is 1. The monoisotopic (exact) mass is 284 g/mol. The predicted molar refractivity (Wildman–Crippen MR) is 78.1 cm³/mol. The number of nitrogens with zero attached hydrogens (tertiary/aromatic N) is 2. The van der Waals surface area contributed by atoms with Crippen molar-refractivity contribution in [2.75, 3.05) is 5.32 Å². The maximum atomic E-state index is 11.3. The molecule has 6 heteroatoms. The van der Waals surface area contributed by atoms with Crippen LogP contribution in [0.25, 0.3) is 0 Å². The van der Waals surface area contributed by atoms with Gasteiger partial charge in [-0.15, -0.1) is 0 Å². The lowest BCUT2D eigenvalue weighted by atomic mass is 10.0. The predicted octanol–water partition coefficient (Wildman–Crippen LogP) is 1.92. The normalized spacial score (nSPS) is 13.5. The molecule has 108 valence electrons. The summed E-state index contributed by atoms with van der Waals surface area (Å²) in [6.45, 7) is 2.21. The fourth-order valence-corrected chi connectivity index (χ4v) is 2.28. The number of nitrogens with one attached hydrogen (secondary N) is 1. The standard InChI is InChI=1S/C15H16N4O2/c1-9-6-11(8-16)18-15(17-9)21-12-3-4-13-10(7-12)2-5-14(20)19-13/h3-4,6-7H,2,5,8,16H2,1H3,(H,19,20). The minimum absolute atomic E-state index is 0.0470. The lowest BCUT2D eigenvalue weighted by Crippen LogP contribution is -2.18. The Morgan fingerprint density at radius 3 is 2.95 bits per heavy atom. The molecule has 3 rings (SSSR count). The van der Waals surface area contributed by atoms with Crippen molar-refractivity contribution in [3.05, 3.63) is 41.2 Å². The number of aryl methyl sites for hydroxylation is 2. The molecule has 1 amide bonds. The number of anilines is 1. The highest BCUT2D eigenvalue weighted by Gasteiger charge is 2.15. The van der Waals surface area contributed by atoms with Crippen LogP contribution in [0.1, 0.15) is 23.4 Å². The van der Waals surface area contributed by atoms with Crippen molar-refractivity contribution in [3.8, 4) is 11.8 Å². The highest BCUT2D eigenvalue weighted by atomic mass is 16.5. The van der Waals surface area contributed by atoms with Crippen molar-refractivity contribution in [1.82, 2.24) is 9.97 Å². The van der Waals surface area contributed by atoms with Crippen LogP contribution < -0.4 is 15.8 Å². The maximum absolute atomic E-state index is 11.3. The molecule has 2 heterocycles. The third-order valence-corrected chi connectivity index (χ3v) is 3.28. The third-order valence-electron chi connectivity index (χ3n) is 3.28. The van der Waals surface area contributed by atoms with Crippen molar-refractivity contribution in [3.63, 3.8) is 0 Å². The minimum Gasteiger partial charge on any atom is -0.424 e. The zero-order chi connectivity index (χ0) is 14.8. The first-order valence-electron chi connectivity index (χ1n) is 6.79. The molecule has 3 N–H and O–H groups in total. The van der Waals surface area contributed by atoms with Crippen LogP contribution in [-0.2, 0) is 17.8 Å². The Labute approximate surface area is 122 Å². The SMILES string of the molecule is Cc1cc(CN)nc(Oc2ccc3c(c2)CCC(=O)N3)n1. The molecule has 0 atom stereocenters. The number of hydrogen-bond donors (Lipinski definition) is 2. The van der Waals surface area contributed by atoms with Crippen LogP contribution >= 0.6 is 0 Å². The van der Waals surface area contributed by atoms with E-state index in [4.69, 9.17) is 10.5 Å². The van der Waals surface area contributed by atoms with E-state index in [0.717, 1.165) is 22.6 Å². The van der Waals surface area contributed by atoms with E-state index >= 15 is 0 Å². The molecule has 1 aromatic heterocycles. The maximum Gasteiger partial charge on any atom is 0.322 e. The molecule has 0 fully saturated rings. The molecule has 6 nitrogen and oxygen atoms in total. The molecule has 1 aliphatic heterocycles. The second kappa shape index (κ2) is 5.49. The van der Waals surface area contributed by atoms with E-state index in [1.54, 1.807) is 6.07 Å². The van der Waals surface area contributed by atoms with Crippen LogP contribution in [0.3, 0.4) is 0 Å². The summed E-state index contributed by atoms with van der Waals surface area (Å²) in [5.41, 5.74) is 9.04. The van der Waals surface area contributed by atoms with Gasteiger partial charge in [-0.2, -0.15) is 4.98 Å². The van der Waals surface area contributed by atoms with Crippen molar-refractivity contribution in [2.45, 2.75) is 26.3 Å². The Bertz CT molecular complexity index is 700. The smallest absolute Gasteiger partial charge is 0.322 e. The van der Waals surface area contributed by atoms with Crippen LogP contribution in [-0.4, -0.2) is 15.9 Å². The number of benzene rings is 1. The van der Waals surface area contributed by atoms with E-state index in [0.29, 0.717) is 25.1 Å². The molecule has 1 aromatic carbocycles. The Balaban J connectivity index is 1.85. The van der Waals surface area contributed by atoms with Crippen LogP contribution in [0.4, 0.5) is 5.69 Å². The topological polar surface area (TPSA) is 90.1 Å². The van der Waals surface area contributed by atoms with Gasteiger partial charge < -0.3 is 15.8 Å². The molecule has 0 unspecified atom stereocenters. The second-order valence-corrected chi connectivity index (χ2v) is 4.96. The highest BCUT2D eigenvalue weighted by Crippen LogP contribution is 2.28. The number of rotatable bonds is 3. The zero-order valence-corrected chi connectivity index (χ0v) is 11.7. The molecule has 2 aromatic rings. The number of hydrogen-bond acceptors (Lipinski definition) is 5. The number of carbonyl (C=O) groups excluding carboxylic acids is 1. The van der Waals surface area contributed by atoms with E-state index < -0.39 is 0 Å². The quantitative estimate of drug-likeness (QED) is 0.898. The summed E-state index contributed by atoms with van der Waals surface area (Å²) in [6.07, 6.45) is 1.20. The van der Waals surface area contributed by atoms with Gasteiger partial charge in [0.05, 0.1) is 5.69 Å². The van der Waals surface area contributed by atoms with E-state index in [1.807, 2.05) is 25.1 Å². The van der Waals surface area contributed by atoms with Gasteiger partial charge in [-0.3, -0.25) is 4.79 Å². The number of amides is 1. The molecule has 0 saturated heterocycles. The fourth-order valence-electron chi connectivity index (χ4n) is 2.28. The molecular weight excluding hydrogens is 268 g/mol. The Morgan fingerprint density at radius 2 is 2.14 bits per heavy atom. The summed E-state index contributed by atoms with van der Waals surface area (Å²) in [5, 5.41) is 2.84. The van der Waals surface area contributed by atoms with E-state index in [-0.39, 0.29) is 11.9 Å². The summed E-state index contributed by atoms with van der Waals surface area (Å²) < 4.78 is 5.70. The van der Waals surface area contributed by atoms with Crippen molar-refractivity contribution in [2.24, 2.45) is 5.73 Å². The Hall–Kier alpha value is -2.47. The fraction of sp³-hybridized carbons (Fsp3) is 0.267. The van der Waals surface area contributed by atoms with Crippen LogP contribution in [0.5, 0.6) is 11.8 Å². The minimum atomic E-state index is 0.0470. The van der Waals surface area contributed by atoms with Crippen LogP contribution in [0, 0.1) is 6.92 Å². The van der Waals surface area contributed by atoms with E-state index in [9.17, 15) is 4.79 Å². The Kier molecular flexibility index (Phi) is 3.53. The van der Waals surface area contributed by atoms with Gasteiger partial charge in [-0.05, 0) is 43.2 Å². The van der Waals surface area contributed by atoms with Gasteiger partial charge in [0.15, 0.2) is 0 Å². The molecular formula is C15H16N4O2. The first kappa shape index (κ1) is 13.5. The summed E-state index contributed by atoms with van der Waals surface area (Å²) in [5.74, 6) is 0.698. The molecule has 1 aliphatic rings. The van der Waals surface area contributed by atoms with E-state index in [2.05, 4.69) is 15.3 Å². The van der Waals surface area contributed by atoms with Gasteiger partial charge in [0.25, 0.3) is 0 Å². The van der Waals surface area contributed by atoms with Gasteiger partial charge in [-0.25, -0.2) is 4.98 Å². The summed E-state index contributed by atoms with van der Waals surface area (Å²) in [4.78, 5) is 19.8. The van der Waals surface area contributed by atoms with Gasteiger partial charge in [0.1, 0.15) is 5.75 Å². The first-order valence-corrected chi connectivity index (χ1v) is 6.79. The molecule has 0 radical (unpaired) electrons. The van der Waals surface area contributed by atoms with Crippen molar-refractivity contribution >= 4 is 11.6 Å². The lowest BCUT2D eigenvalue weighted by Gasteiger charge is -2.17. The van der Waals surface area contributed by atoms with Gasteiger partial charge in [-0.1, -0.05) is 0 Å². The van der Waals surface area contributed by atoms with E-state index in [1.165, 1.54) is 0 Å². The highest BCUT2D eigenvalue weighted by molar-refractivity contribution is 5.94. The van der Waals surface area contributed by atoms with Crippen LogP contribution in [0.15, 0.2) is 24.3 Å². The number of fused-ring (bicyclic) bond motifs is 1. The largest absolute Gasteiger partial charge is 0.424 e. The molecule has 0 saturated carbocycles. The first-order chi connectivity index (χ1) is 10.1. The molecule has 0 spiro atoms. The summed E-state index contributed by atoms with van der Waals surface area (Å²) in [6, 6.07) is 7.65. The number of carbonyl (C=O) groups is 1. The Morgan fingerprint density at radius 1 is 1.29 bits per heavy atom. The third kappa shape index (κ3) is 3.00. The summed E-state index contributed by atoms with van der Waals surface area (Å²) >= 11 is 0.